The van der Waals surface area contributed by atoms with E-state index in [9.17, 15) is 0 Å². The number of unbranched alkanes of at least 4 members (excludes halogenated alkanes) is 13. The second kappa shape index (κ2) is 19.2. The third-order valence-electron chi connectivity index (χ3n) is 5.26. The fraction of sp³-hybridized carbons (Fsp3) is 0.792. The molecule has 0 aromatic carbocycles. The predicted octanol–water partition coefficient (Wildman–Crippen LogP) is 4.41. The van der Waals surface area contributed by atoms with Crippen molar-refractivity contribution in [3.63, 3.8) is 0 Å². The molecule has 0 aliphatic carbocycles. The van der Waals surface area contributed by atoms with Gasteiger partial charge in [-0.1, -0.05) is 90.9 Å². The summed E-state index contributed by atoms with van der Waals surface area (Å²) in [6.45, 7) is 5.76. The van der Waals surface area contributed by atoms with E-state index in [4.69, 9.17) is 0 Å². The zero-order valence-electron chi connectivity index (χ0n) is 17.7. The summed E-state index contributed by atoms with van der Waals surface area (Å²) in [6.07, 6.45) is 27.0. The number of nitrogens with zero attached hydrogens (tertiary/aromatic N) is 1. The predicted molar refractivity (Wildman–Crippen MR) is 111 cm³/mol. The summed E-state index contributed by atoms with van der Waals surface area (Å²) in [5.41, 5.74) is 1.51. The van der Waals surface area contributed by atoms with Crippen LogP contribution < -0.4 is 17.0 Å². The van der Waals surface area contributed by atoms with E-state index in [0.29, 0.717) is 0 Å². The van der Waals surface area contributed by atoms with Gasteiger partial charge in [0.1, 0.15) is 6.54 Å². The van der Waals surface area contributed by atoms with E-state index in [2.05, 4.69) is 42.9 Å². The van der Waals surface area contributed by atoms with E-state index in [1.165, 1.54) is 115 Å². The van der Waals surface area contributed by atoms with E-state index < -0.39 is 0 Å². The Bertz CT molecular complexity index is 405. The molecule has 1 heterocycles. The second-order valence-corrected chi connectivity index (χ2v) is 7.80. The van der Waals surface area contributed by atoms with Crippen LogP contribution in [-0.4, -0.2) is 0 Å². The Labute approximate surface area is 170 Å². The van der Waals surface area contributed by atoms with Crippen molar-refractivity contribution in [3.8, 4) is 0 Å². The Kier molecular flexibility index (Phi) is 18.8. The van der Waals surface area contributed by atoms with Crippen molar-refractivity contribution in [3.05, 3.63) is 30.1 Å². The van der Waals surface area contributed by atoms with Gasteiger partial charge in [0.05, 0.1) is 0 Å². The molecule has 0 N–H and O–H groups in total. The van der Waals surface area contributed by atoms with Crippen molar-refractivity contribution in [1.29, 1.82) is 0 Å². The number of hydrogen-bond donors (Lipinski definition) is 0. The molecule has 1 aromatic heterocycles. The van der Waals surface area contributed by atoms with Crippen LogP contribution in [0.15, 0.2) is 24.5 Å². The quantitative estimate of drug-likeness (QED) is 0.278. The lowest BCUT2D eigenvalue weighted by Gasteiger charge is -2.03. The highest BCUT2D eigenvalue weighted by Crippen LogP contribution is 2.12. The van der Waals surface area contributed by atoms with Gasteiger partial charge in [-0.25, -0.2) is 4.57 Å². The first-order valence-corrected chi connectivity index (χ1v) is 11.3. The summed E-state index contributed by atoms with van der Waals surface area (Å²) in [4.78, 5) is 0. The fourth-order valence-corrected chi connectivity index (χ4v) is 3.58. The monoisotopic (exact) mass is 381 g/mol. The van der Waals surface area contributed by atoms with Crippen molar-refractivity contribution < 1.29 is 17.0 Å². The van der Waals surface area contributed by atoms with Crippen molar-refractivity contribution in [1.82, 2.24) is 0 Å². The van der Waals surface area contributed by atoms with Crippen molar-refractivity contribution >= 4 is 0 Å². The molecule has 0 radical (unpaired) electrons. The summed E-state index contributed by atoms with van der Waals surface area (Å²) in [7, 11) is 0. The first-order valence-electron chi connectivity index (χ1n) is 11.3. The van der Waals surface area contributed by atoms with Crippen LogP contribution in [0.3, 0.4) is 0 Å². The van der Waals surface area contributed by atoms with Gasteiger partial charge in [0.15, 0.2) is 12.4 Å². The number of aromatic nitrogens is 1. The van der Waals surface area contributed by atoms with E-state index in [-0.39, 0.29) is 12.4 Å². The lowest BCUT2D eigenvalue weighted by molar-refractivity contribution is -0.697. The molecular weight excluding hydrogens is 338 g/mol. The molecule has 2 heteroatoms. The molecular formula is C24H44ClN. The van der Waals surface area contributed by atoms with Gasteiger partial charge in [0, 0.05) is 18.1 Å². The van der Waals surface area contributed by atoms with Gasteiger partial charge < -0.3 is 12.4 Å². The van der Waals surface area contributed by atoms with Gasteiger partial charge in [-0.2, -0.15) is 0 Å². The highest BCUT2D eigenvalue weighted by atomic mass is 35.5. The molecule has 0 saturated heterocycles. The fourth-order valence-electron chi connectivity index (χ4n) is 3.58. The van der Waals surface area contributed by atoms with Crippen LogP contribution in [0.4, 0.5) is 0 Å². The normalized spacial score (nSPS) is 10.7. The molecule has 0 fully saturated rings. The van der Waals surface area contributed by atoms with Crippen LogP contribution in [0.2, 0.25) is 0 Å². The first-order chi connectivity index (χ1) is 12.4. The van der Waals surface area contributed by atoms with Crippen LogP contribution >= 0.6 is 0 Å². The van der Waals surface area contributed by atoms with Gasteiger partial charge in [-0.05, 0) is 25.3 Å². The molecule has 0 amide bonds. The second-order valence-electron chi connectivity index (χ2n) is 7.80. The Morgan fingerprint density at radius 3 is 1.73 bits per heavy atom. The van der Waals surface area contributed by atoms with Crippen molar-refractivity contribution in [2.24, 2.45) is 0 Å². The Morgan fingerprint density at radius 2 is 1.15 bits per heavy atom. The summed E-state index contributed by atoms with van der Waals surface area (Å²) in [5, 5.41) is 0. The minimum Gasteiger partial charge on any atom is -1.00 e. The largest absolute Gasteiger partial charge is 1.00 e. The van der Waals surface area contributed by atoms with Crippen LogP contribution in [0, 0.1) is 0 Å². The highest BCUT2D eigenvalue weighted by molar-refractivity contribution is 5.05. The molecule has 26 heavy (non-hydrogen) atoms. The minimum absolute atomic E-state index is 0. The molecule has 0 bridgehead atoms. The standard InChI is InChI=1S/C24H44N.ClH/c1-3-5-7-8-9-10-11-12-13-14-15-17-21-25-22-18-20-24(23-25)19-16-6-4-2;/h18,20,22-23H,3-17,19,21H2,1-2H3;1H/q+1;/p-1. The molecule has 0 saturated carbocycles. The zero-order chi connectivity index (χ0) is 18.0. The lowest BCUT2D eigenvalue weighted by atomic mass is 10.1. The number of halogens is 1. The van der Waals surface area contributed by atoms with Crippen LogP contribution in [0.25, 0.3) is 0 Å². The van der Waals surface area contributed by atoms with E-state index in [1.54, 1.807) is 0 Å². The molecule has 1 rings (SSSR count). The average Bonchev–Trinajstić information content (AvgIpc) is 2.63. The summed E-state index contributed by atoms with van der Waals surface area (Å²) < 4.78 is 2.40. The van der Waals surface area contributed by atoms with Crippen molar-refractivity contribution in [2.45, 2.75) is 123 Å². The zero-order valence-corrected chi connectivity index (χ0v) is 18.4. The maximum Gasteiger partial charge on any atom is 0.171 e. The Morgan fingerprint density at radius 1 is 0.654 bits per heavy atom. The maximum absolute atomic E-state index is 2.40. The number of rotatable bonds is 17. The summed E-state index contributed by atoms with van der Waals surface area (Å²) >= 11 is 0. The van der Waals surface area contributed by atoms with Gasteiger partial charge in [-0.3, -0.25) is 0 Å². The third kappa shape index (κ3) is 14.6. The molecule has 0 atom stereocenters. The number of pyridine rings is 1. The van der Waals surface area contributed by atoms with E-state index in [0.717, 1.165) is 0 Å². The molecule has 1 nitrogen and oxygen atoms in total. The Hall–Kier alpha value is -0.560. The average molecular weight is 382 g/mol. The highest BCUT2D eigenvalue weighted by Gasteiger charge is 2.03. The molecule has 1 aromatic rings. The van der Waals surface area contributed by atoms with Crippen molar-refractivity contribution in [2.75, 3.05) is 0 Å². The Balaban J connectivity index is 0.00000625. The van der Waals surface area contributed by atoms with Crippen LogP contribution in [0.5, 0.6) is 0 Å². The van der Waals surface area contributed by atoms with Gasteiger partial charge in [0.2, 0.25) is 0 Å². The maximum atomic E-state index is 2.40. The molecule has 0 aliphatic rings. The molecule has 0 unspecified atom stereocenters. The summed E-state index contributed by atoms with van der Waals surface area (Å²) in [5.74, 6) is 0. The molecule has 0 spiro atoms. The number of hydrogen-bond acceptors (Lipinski definition) is 0. The number of aryl methyl sites for hydroxylation is 2. The van der Waals surface area contributed by atoms with E-state index >= 15 is 0 Å². The van der Waals surface area contributed by atoms with Crippen LogP contribution in [0.1, 0.15) is 116 Å². The first kappa shape index (κ1) is 25.4. The van der Waals surface area contributed by atoms with Crippen LogP contribution in [-0.2, 0) is 13.0 Å². The summed E-state index contributed by atoms with van der Waals surface area (Å²) in [6, 6.07) is 4.51. The topological polar surface area (TPSA) is 3.88 Å². The van der Waals surface area contributed by atoms with Gasteiger partial charge in [0.25, 0.3) is 0 Å². The molecule has 152 valence electrons. The molecule has 0 aliphatic heterocycles. The lowest BCUT2D eigenvalue weighted by Crippen LogP contribution is -3.00. The van der Waals surface area contributed by atoms with E-state index in [1.807, 2.05) is 0 Å². The minimum atomic E-state index is 0. The van der Waals surface area contributed by atoms with Gasteiger partial charge in [-0.15, -0.1) is 0 Å². The third-order valence-corrected chi connectivity index (χ3v) is 5.26. The SMILES string of the molecule is CCCCCCCCCCCCCC[n+]1cccc(CCCCC)c1.[Cl-]. The van der Waals surface area contributed by atoms with Gasteiger partial charge >= 0.3 is 0 Å². The smallest absolute Gasteiger partial charge is 0.171 e.